The van der Waals surface area contributed by atoms with Crippen LogP contribution in [0.15, 0.2) is 51.7 Å². The quantitative estimate of drug-likeness (QED) is 0.533. The molecule has 0 amide bonds. The van der Waals surface area contributed by atoms with E-state index in [9.17, 15) is 4.79 Å². The molecule has 3 aromatic rings. The van der Waals surface area contributed by atoms with Crippen molar-refractivity contribution in [3.63, 3.8) is 0 Å². The molecule has 0 aliphatic carbocycles. The largest absolute Gasteiger partial charge is 0.497 e. The molecule has 0 aliphatic rings. The van der Waals surface area contributed by atoms with Crippen molar-refractivity contribution in [3.05, 3.63) is 74.6 Å². The van der Waals surface area contributed by atoms with Crippen LogP contribution in [0.4, 0.5) is 0 Å². The highest BCUT2D eigenvalue weighted by molar-refractivity contribution is 6.32. The summed E-state index contributed by atoms with van der Waals surface area (Å²) in [6.07, 6.45) is 0.892. The molecule has 0 saturated carbocycles. The zero-order valence-electron chi connectivity index (χ0n) is 14.3. The molecule has 0 saturated heterocycles. The normalized spacial score (nSPS) is 11.0. The van der Waals surface area contributed by atoms with Crippen molar-refractivity contribution in [2.75, 3.05) is 13.7 Å². The van der Waals surface area contributed by atoms with Gasteiger partial charge in [0.2, 0.25) is 0 Å². The summed E-state index contributed by atoms with van der Waals surface area (Å²) in [4.78, 5) is 11.8. The van der Waals surface area contributed by atoms with E-state index in [1.807, 2.05) is 25.1 Å². The van der Waals surface area contributed by atoms with Gasteiger partial charge in [-0.25, -0.2) is 4.79 Å². The molecule has 0 fully saturated rings. The van der Waals surface area contributed by atoms with Crippen molar-refractivity contribution in [1.82, 2.24) is 5.32 Å². The number of benzene rings is 2. The van der Waals surface area contributed by atoms with Crippen LogP contribution in [0.3, 0.4) is 0 Å². The first-order valence-electron chi connectivity index (χ1n) is 8.13. The van der Waals surface area contributed by atoms with Gasteiger partial charge in [-0.05, 0) is 60.8 Å². The number of nitrogens with one attached hydrogen (secondary N) is 1. The molecule has 25 heavy (non-hydrogen) atoms. The number of hydrogen-bond acceptors (Lipinski definition) is 4. The Hall–Kier alpha value is -2.30. The van der Waals surface area contributed by atoms with Gasteiger partial charge in [-0.2, -0.15) is 0 Å². The zero-order valence-corrected chi connectivity index (χ0v) is 15.0. The maximum Gasteiger partial charge on any atom is 0.336 e. The predicted octanol–water partition coefficient (Wildman–Crippen LogP) is 4.10. The van der Waals surface area contributed by atoms with Crippen molar-refractivity contribution < 1.29 is 9.15 Å². The van der Waals surface area contributed by atoms with Gasteiger partial charge in [-0.3, -0.25) is 0 Å². The van der Waals surface area contributed by atoms with E-state index in [2.05, 4.69) is 17.4 Å². The van der Waals surface area contributed by atoms with E-state index < -0.39 is 0 Å². The molecule has 0 unspecified atom stereocenters. The smallest absolute Gasteiger partial charge is 0.336 e. The van der Waals surface area contributed by atoms with Crippen molar-refractivity contribution in [1.29, 1.82) is 0 Å². The number of ether oxygens (including phenoxy) is 1. The average molecular weight is 358 g/mol. The Bertz CT molecular complexity index is 932. The van der Waals surface area contributed by atoms with Crippen LogP contribution in [0.1, 0.15) is 16.7 Å². The average Bonchev–Trinajstić information content (AvgIpc) is 2.60. The van der Waals surface area contributed by atoms with Gasteiger partial charge in [0.25, 0.3) is 0 Å². The van der Waals surface area contributed by atoms with E-state index >= 15 is 0 Å². The van der Waals surface area contributed by atoms with Gasteiger partial charge < -0.3 is 14.5 Å². The third-order valence-corrected chi connectivity index (χ3v) is 4.58. The molecule has 0 radical (unpaired) electrons. The van der Waals surface area contributed by atoms with Gasteiger partial charge in [-0.15, -0.1) is 0 Å². The Kier molecular flexibility index (Phi) is 5.41. The fourth-order valence-corrected chi connectivity index (χ4v) is 2.91. The lowest BCUT2D eigenvalue weighted by Gasteiger charge is -2.09. The monoisotopic (exact) mass is 357 g/mol. The topological polar surface area (TPSA) is 51.5 Å². The van der Waals surface area contributed by atoms with Crippen LogP contribution in [0.25, 0.3) is 11.0 Å². The number of aryl methyl sites for hydroxylation is 1. The van der Waals surface area contributed by atoms with E-state index in [4.69, 9.17) is 20.8 Å². The number of methoxy groups -OCH3 is 1. The lowest BCUT2D eigenvalue weighted by atomic mass is 10.1. The molecule has 0 atom stereocenters. The molecule has 4 nitrogen and oxygen atoms in total. The van der Waals surface area contributed by atoms with E-state index in [0.29, 0.717) is 17.2 Å². The summed E-state index contributed by atoms with van der Waals surface area (Å²) in [5, 5.41) is 4.91. The second kappa shape index (κ2) is 7.72. The third kappa shape index (κ3) is 4.21. The second-order valence-corrected chi connectivity index (χ2v) is 6.37. The lowest BCUT2D eigenvalue weighted by Crippen LogP contribution is -2.18. The van der Waals surface area contributed by atoms with Crippen LogP contribution in [0.2, 0.25) is 5.02 Å². The summed E-state index contributed by atoms with van der Waals surface area (Å²) >= 11 is 6.22. The minimum absolute atomic E-state index is 0.346. The molecule has 1 heterocycles. The van der Waals surface area contributed by atoms with E-state index in [0.717, 1.165) is 35.2 Å². The van der Waals surface area contributed by atoms with Crippen LogP contribution in [0, 0.1) is 6.92 Å². The molecule has 3 rings (SSSR count). The van der Waals surface area contributed by atoms with Crippen LogP contribution in [-0.2, 0) is 13.0 Å². The second-order valence-electron chi connectivity index (χ2n) is 5.96. The van der Waals surface area contributed by atoms with Crippen LogP contribution >= 0.6 is 11.6 Å². The summed E-state index contributed by atoms with van der Waals surface area (Å²) in [5.74, 6) is 0.853. The fourth-order valence-electron chi connectivity index (χ4n) is 2.74. The Morgan fingerprint density at radius 1 is 1.16 bits per heavy atom. The van der Waals surface area contributed by atoms with Crippen LogP contribution in [0.5, 0.6) is 5.75 Å². The Labute approximate surface area is 151 Å². The molecule has 130 valence electrons. The molecule has 1 N–H and O–H groups in total. The highest BCUT2D eigenvalue weighted by Crippen LogP contribution is 2.25. The van der Waals surface area contributed by atoms with Crippen molar-refractivity contribution in [2.24, 2.45) is 0 Å². The van der Waals surface area contributed by atoms with Crippen LogP contribution in [-0.4, -0.2) is 13.7 Å². The van der Waals surface area contributed by atoms with Gasteiger partial charge in [-0.1, -0.05) is 23.7 Å². The summed E-state index contributed by atoms with van der Waals surface area (Å²) < 4.78 is 10.4. The lowest BCUT2D eigenvalue weighted by molar-refractivity contribution is 0.414. The number of rotatable bonds is 6. The highest BCUT2D eigenvalue weighted by Gasteiger charge is 2.08. The molecule has 0 bridgehead atoms. The predicted molar refractivity (Wildman–Crippen MR) is 101 cm³/mol. The number of hydrogen-bond donors (Lipinski definition) is 1. The minimum atomic E-state index is -0.346. The van der Waals surface area contributed by atoms with Gasteiger partial charge in [0, 0.05) is 23.0 Å². The van der Waals surface area contributed by atoms with E-state index in [1.165, 1.54) is 11.6 Å². The molecule has 0 spiro atoms. The van der Waals surface area contributed by atoms with Gasteiger partial charge >= 0.3 is 5.63 Å². The first-order valence-corrected chi connectivity index (χ1v) is 8.51. The maximum atomic E-state index is 11.8. The molecule has 2 aromatic carbocycles. The van der Waals surface area contributed by atoms with Gasteiger partial charge in [0.15, 0.2) is 0 Å². The fraction of sp³-hybridized carbons (Fsp3) is 0.250. The van der Waals surface area contributed by atoms with Gasteiger partial charge in [0.1, 0.15) is 11.3 Å². The molecular weight excluding hydrogens is 338 g/mol. The van der Waals surface area contributed by atoms with Crippen molar-refractivity contribution >= 4 is 22.6 Å². The molecular formula is C20H20ClNO3. The standard InChI is InChI=1S/C20H20ClNO3/c1-13-9-19-17(11-18(13)21)15(10-20(23)25-19)12-22-8-7-14-3-5-16(24-2)6-4-14/h3-6,9-11,22H,7-8,12H2,1-2H3. The maximum absolute atomic E-state index is 11.8. The number of fused-ring (bicyclic) bond motifs is 1. The molecule has 5 heteroatoms. The van der Waals surface area contributed by atoms with Gasteiger partial charge in [0.05, 0.1) is 7.11 Å². The summed E-state index contributed by atoms with van der Waals surface area (Å²) in [7, 11) is 1.66. The Morgan fingerprint density at radius 3 is 2.64 bits per heavy atom. The van der Waals surface area contributed by atoms with Crippen molar-refractivity contribution in [3.8, 4) is 5.75 Å². The molecule has 1 aromatic heterocycles. The van der Waals surface area contributed by atoms with E-state index in [-0.39, 0.29) is 5.63 Å². The Balaban J connectivity index is 1.68. The molecule has 0 aliphatic heterocycles. The Morgan fingerprint density at radius 2 is 1.92 bits per heavy atom. The SMILES string of the molecule is COc1ccc(CCNCc2cc(=O)oc3cc(C)c(Cl)cc23)cc1. The first-order chi connectivity index (χ1) is 12.1. The summed E-state index contributed by atoms with van der Waals surface area (Å²) in [5.41, 5.74) is 3.23. The third-order valence-electron chi connectivity index (χ3n) is 4.17. The number of halogens is 1. The van der Waals surface area contributed by atoms with E-state index in [1.54, 1.807) is 13.2 Å². The summed E-state index contributed by atoms with van der Waals surface area (Å²) in [6.45, 7) is 3.27. The van der Waals surface area contributed by atoms with Crippen molar-refractivity contribution in [2.45, 2.75) is 19.9 Å². The highest BCUT2D eigenvalue weighted by atomic mass is 35.5. The van der Waals surface area contributed by atoms with Crippen LogP contribution < -0.4 is 15.7 Å². The zero-order chi connectivity index (χ0) is 17.8. The summed E-state index contributed by atoms with van der Waals surface area (Å²) in [6, 6.07) is 13.2. The minimum Gasteiger partial charge on any atom is -0.497 e. The first kappa shape index (κ1) is 17.5.